The molecule has 90 valence electrons. The number of carbonyl (C=O) groups excluding carboxylic acids is 1. The summed E-state index contributed by atoms with van der Waals surface area (Å²) >= 11 is 5.86. The summed E-state index contributed by atoms with van der Waals surface area (Å²) in [5.41, 5.74) is 2.03. The van der Waals surface area contributed by atoms with Crippen molar-refractivity contribution in [1.82, 2.24) is 0 Å². The van der Waals surface area contributed by atoms with Crippen LogP contribution in [0.25, 0.3) is 0 Å². The molecule has 1 nitrogen and oxygen atoms in total. The fourth-order valence-electron chi connectivity index (χ4n) is 2.38. The maximum Gasteiger partial charge on any atom is 0.166 e. The molecule has 0 amide bonds. The van der Waals surface area contributed by atoms with E-state index in [1.54, 1.807) is 0 Å². The predicted octanol–water partition coefficient (Wildman–Crippen LogP) is 4.33. The molecular weight excluding hydrogens is 244 g/mol. The normalized spacial score (nSPS) is 21.6. The van der Waals surface area contributed by atoms with Crippen molar-refractivity contribution in [3.63, 3.8) is 0 Å². The molecule has 2 atom stereocenters. The topological polar surface area (TPSA) is 17.1 Å². The van der Waals surface area contributed by atoms with E-state index in [2.05, 4.69) is 0 Å². The number of hydrogen-bond donors (Lipinski definition) is 0. The molecule has 1 aliphatic rings. The Bertz CT molecular complexity index is 559. The number of Topliss-reactive ketones (excluding diaryl/α,β-unsaturated/α-hetero) is 1. The van der Waals surface area contributed by atoms with Gasteiger partial charge in [0.2, 0.25) is 0 Å². The molecule has 0 aromatic heterocycles. The first-order valence-corrected chi connectivity index (χ1v) is 6.48. The van der Waals surface area contributed by atoms with Gasteiger partial charge in [-0.25, -0.2) is 0 Å². The van der Waals surface area contributed by atoms with Gasteiger partial charge in [-0.2, -0.15) is 0 Å². The summed E-state index contributed by atoms with van der Waals surface area (Å²) in [4.78, 5) is 12.2. The third-order valence-corrected chi connectivity index (χ3v) is 3.74. The van der Waals surface area contributed by atoms with Crippen molar-refractivity contribution in [1.29, 1.82) is 0 Å². The van der Waals surface area contributed by atoms with Crippen LogP contribution < -0.4 is 0 Å². The van der Waals surface area contributed by atoms with Crippen molar-refractivity contribution < 1.29 is 4.79 Å². The van der Waals surface area contributed by atoms with E-state index in [9.17, 15) is 4.79 Å². The van der Waals surface area contributed by atoms with Crippen LogP contribution in [0.1, 0.15) is 28.3 Å². The number of halogens is 1. The molecule has 0 spiro atoms. The van der Waals surface area contributed by atoms with Crippen molar-refractivity contribution in [3.8, 4) is 0 Å². The van der Waals surface area contributed by atoms with Crippen LogP contribution in [0.3, 0.4) is 0 Å². The summed E-state index contributed by atoms with van der Waals surface area (Å²) in [7, 11) is 0. The van der Waals surface area contributed by atoms with Crippen LogP contribution in [0.2, 0.25) is 5.02 Å². The van der Waals surface area contributed by atoms with Crippen LogP contribution in [0, 0.1) is 5.92 Å². The van der Waals surface area contributed by atoms with Crippen molar-refractivity contribution in [2.75, 3.05) is 0 Å². The van der Waals surface area contributed by atoms with Gasteiger partial charge in [0.05, 0.1) is 0 Å². The Balaban J connectivity index is 1.75. The molecule has 2 aromatic carbocycles. The Labute approximate surface area is 111 Å². The maximum atomic E-state index is 12.2. The summed E-state index contributed by atoms with van der Waals surface area (Å²) in [6.07, 6.45) is 0.954. The van der Waals surface area contributed by atoms with Gasteiger partial charge in [-0.3, -0.25) is 4.79 Å². The molecule has 0 bridgehead atoms. The van der Waals surface area contributed by atoms with Crippen molar-refractivity contribution in [3.05, 3.63) is 70.7 Å². The molecule has 0 saturated heterocycles. The molecule has 1 saturated carbocycles. The molecule has 2 aromatic rings. The van der Waals surface area contributed by atoms with Gasteiger partial charge in [-0.1, -0.05) is 54.1 Å². The van der Waals surface area contributed by atoms with Crippen LogP contribution in [0.4, 0.5) is 0 Å². The summed E-state index contributed by atoms with van der Waals surface area (Å²) in [6.45, 7) is 0. The third kappa shape index (κ3) is 2.19. The molecule has 18 heavy (non-hydrogen) atoms. The monoisotopic (exact) mass is 256 g/mol. The van der Waals surface area contributed by atoms with Crippen LogP contribution in [-0.2, 0) is 0 Å². The van der Waals surface area contributed by atoms with Gasteiger partial charge in [-0.15, -0.1) is 0 Å². The summed E-state index contributed by atoms with van der Waals surface area (Å²) in [5, 5.41) is 0.741. The first kappa shape index (κ1) is 11.5. The third-order valence-electron chi connectivity index (χ3n) is 3.48. The molecule has 1 aliphatic carbocycles. The Morgan fingerprint density at radius 1 is 1.00 bits per heavy atom. The van der Waals surface area contributed by atoms with Gasteiger partial charge in [0, 0.05) is 16.5 Å². The minimum atomic E-state index is 0.147. The van der Waals surface area contributed by atoms with E-state index in [0.29, 0.717) is 5.92 Å². The Kier molecular flexibility index (Phi) is 2.92. The summed E-state index contributed by atoms with van der Waals surface area (Å²) in [6, 6.07) is 17.3. The summed E-state index contributed by atoms with van der Waals surface area (Å²) in [5.74, 6) is 0.777. The van der Waals surface area contributed by atoms with Crippen LogP contribution in [0.5, 0.6) is 0 Å². The van der Waals surface area contributed by atoms with E-state index in [1.807, 2.05) is 54.6 Å². The average Bonchev–Trinajstić information content (AvgIpc) is 3.20. The lowest BCUT2D eigenvalue weighted by molar-refractivity contribution is 0.0965. The Morgan fingerprint density at radius 3 is 2.33 bits per heavy atom. The second-order valence-electron chi connectivity index (χ2n) is 4.73. The highest BCUT2D eigenvalue weighted by molar-refractivity contribution is 6.30. The molecule has 1 fully saturated rings. The standard InChI is InChI=1S/C16H13ClO/c17-13-8-6-11(7-9-13)14-10-15(14)16(18)12-4-2-1-3-5-12/h1-9,14-15H,10H2. The number of ketones is 1. The Hall–Kier alpha value is -1.60. The lowest BCUT2D eigenvalue weighted by Gasteiger charge is -2.01. The summed E-state index contributed by atoms with van der Waals surface area (Å²) < 4.78 is 0. The lowest BCUT2D eigenvalue weighted by Crippen LogP contribution is -2.02. The van der Waals surface area contributed by atoms with Gasteiger partial charge in [0.15, 0.2) is 5.78 Å². The van der Waals surface area contributed by atoms with E-state index in [4.69, 9.17) is 11.6 Å². The van der Waals surface area contributed by atoms with E-state index < -0.39 is 0 Å². The van der Waals surface area contributed by atoms with Gasteiger partial charge < -0.3 is 0 Å². The van der Waals surface area contributed by atoms with Crippen LogP contribution in [0.15, 0.2) is 54.6 Å². The average molecular weight is 257 g/mol. The van der Waals surface area contributed by atoms with E-state index in [-0.39, 0.29) is 11.7 Å². The molecular formula is C16H13ClO. The molecule has 2 unspecified atom stereocenters. The molecule has 0 radical (unpaired) electrons. The van der Waals surface area contributed by atoms with Gasteiger partial charge >= 0.3 is 0 Å². The second-order valence-corrected chi connectivity index (χ2v) is 5.17. The maximum absolute atomic E-state index is 12.2. The first-order chi connectivity index (χ1) is 8.75. The predicted molar refractivity (Wildman–Crippen MR) is 73.1 cm³/mol. The molecule has 0 N–H and O–H groups in total. The zero-order valence-electron chi connectivity index (χ0n) is 9.84. The van der Waals surface area contributed by atoms with Gasteiger partial charge in [0.25, 0.3) is 0 Å². The van der Waals surface area contributed by atoms with Crippen LogP contribution in [-0.4, -0.2) is 5.78 Å². The largest absolute Gasteiger partial charge is 0.294 e. The highest BCUT2D eigenvalue weighted by Gasteiger charge is 2.43. The number of hydrogen-bond acceptors (Lipinski definition) is 1. The van der Waals surface area contributed by atoms with E-state index >= 15 is 0 Å². The zero-order valence-corrected chi connectivity index (χ0v) is 10.6. The SMILES string of the molecule is O=C(c1ccccc1)C1CC1c1ccc(Cl)cc1. The molecule has 0 aliphatic heterocycles. The first-order valence-electron chi connectivity index (χ1n) is 6.10. The zero-order chi connectivity index (χ0) is 12.5. The smallest absolute Gasteiger partial charge is 0.166 e. The second kappa shape index (κ2) is 4.58. The number of benzene rings is 2. The fraction of sp³-hybridized carbons (Fsp3) is 0.188. The Morgan fingerprint density at radius 2 is 1.67 bits per heavy atom. The van der Waals surface area contributed by atoms with E-state index in [0.717, 1.165) is 17.0 Å². The van der Waals surface area contributed by atoms with Crippen molar-refractivity contribution in [2.24, 2.45) is 5.92 Å². The number of carbonyl (C=O) groups is 1. The fourth-order valence-corrected chi connectivity index (χ4v) is 2.51. The van der Waals surface area contributed by atoms with Gasteiger partial charge in [0.1, 0.15) is 0 Å². The molecule has 0 heterocycles. The minimum Gasteiger partial charge on any atom is -0.294 e. The lowest BCUT2D eigenvalue weighted by atomic mass is 10.0. The highest BCUT2D eigenvalue weighted by Crippen LogP contribution is 2.49. The highest BCUT2D eigenvalue weighted by atomic mass is 35.5. The quantitative estimate of drug-likeness (QED) is 0.747. The van der Waals surface area contributed by atoms with Crippen LogP contribution >= 0.6 is 11.6 Å². The minimum absolute atomic E-state index is 0.147. The van der Waals surface area contributed by atoms with Crippen molar-refractivity contribution >= 4 is 17.4 Å². The van der Waals surface area contributed by atoms with Crippen molar-refractivity contribution in [2.45, 2.75) is 12.3 Å². The number of rotatable bonds is 3. The van der Waals surface area contributed by atoms with Gasteiger partial charge in [-0.05, 0) is 30.0 Å². The van der Waals surface area contributed by atoms with E-state index in [1.165, 1.54) is 5.56 Å². The molecule has 2 heteroatoms. The molecule has 3 rings (SSSR count).